The van der Waals surface area contributed by atoms with Crippen LogP contribution in [0.15, 0.2) is 42.7 Å². The van der Waals surface area contributed by atoms with E-state index in [0.29, 0.717) is 0 Å². The number of fused-ring (bicyclic) bond motifs is 1. The number of anilines is 1. The molecule has 0 unspecified atom stereocenters. The number of nitrogens with zero attached hydrogens (tertiary/aromatic N) is 2. The van der Waals surface area contributed by atoms with Gasteiger partial charge in [-0.2, -0.15) is 0 Å². The summed E-state index contributed by atoms with van der Waals surface area (Å²) in [6.45, 7) is 0.866. The van der Waals surface area contributed by atoms with Crippen molar-refractivity contribution >= 4 is 27.4 Å². The zero-order valence-corrected chi connectivity index (χ0v) is 11.7. The third kappa shape index (κ3) is 2.79. The summed E-state index contributed by atoms with van der Waals surface area (Å²) in [5.41, 5.74) is 1.30. The maximum atomic E-state index is 9.20. The topological polar surface area (TPSA) is 58.0 Å². The van der Waals surface area contributed by atoms with E-state index < -0.39 is 0 Å². The van der Waals surface area contributed by atoms with Crippen LogP contribution in [0.2, 0.25) is 0 Å². The molecule has 0 aliphatic rings. The molecule has 0 spiro atoms. The van der Waals surface area contributed by atoms with Gasteiger partial charge in [-0.1, -0.05) is 30.3 Å². The normalized spacial score (nSPS) is 10.8. The van der Waals surface area contributed by atoms with Gasteiger partial charge in [0.1, 0.15) is 17.0 Å². The Bertz CT molecular complexity index is 697. The van der Waals surface area contributed by atoms with E-state index in [1.54, 1.807) is 6.33 Å². The van der Waals surface area contributed by atoms with Crippen molar-refractivity contribution < 1.29 is 5.11 Å². The lowest BCUT2D eigenvalue weighted by Crippen LogP contribution is -2.06. The molecule has 20 heavy (non-hydrogen) atoms. The van der Waals surface area contributed by atoms with Crippen LogP contribution in [0.25, 0.3) is 10.2 Å². The average molecular weight is 285 g/mol. The maximum Gasteiger partial charge on any atom is 0.138 e. The van der Waals surface area contributed by atoms with Crippen LogP contribution in [-0.4, -0.2) is 21.6 Å². The summed E-state index contributed by atoms with van der Waals surface area (Å²) in [5.74, 6) is 0.835. The number of aliphatic hydroxyl groups is 1. The zero-order valence-electron chi connectivity index (χ0n) is 10.9. The molecular formula is C15H15N3OS. The van der Waals surface area contributed by atoms with Crippen LogP contribution in [0.3, 0.4) is 0 Å². The van der Waals surface area contributed by atoms with Gasteiger partial charge in [-0.25, -0.2) is 9.97 Å². The van der Waals surface area contributed by atoms with Crippen LogP contribution in [0.5, 0.6) is 0 Å². The molecule has 5 heteroatoms. The van der Waals surface area contributed by atoms with E-state index in [0.717, 1.165) is 33.9 Å². The molecule has 4 nitrogen and oxygen atoms in total. The lowest BCUT2D eigenvalue weighted by atomic mass is 10.1. The van der Waals surface area contributed by atoms with Crippen LogP contribution in [0, 0.1) is 0 Å². The summed E-state index contributed by atoms with van der Waals surface area (Å²) < 4.78 is 0. The number of thiophene rings is 1. The molecule has 0 fully saturated rings. The molecule has 0 atom stereocenters. The Labute approximate surface area is 121 Å². The van der Waals surface area contributed by atoms with Crippen LogP contribution in [0.1, 0.15) is 10.4 Å². The van der Waals surface area contributed by atoms with E-state index >= 15 is 0 Å². The van der Waals surface area contributed by atoms with Gasteiger partial charge in [0.15, 0.2) is 0 Å². The summed E-state index contributed by atoms with van der Waals surface area (Å²) in [4.78, 5) is 10.3. The smallest absolute Gasteiger partial charge is 0.138 e. The maximum absolute atomic E-state index is 9.20. The quantitative estimate of drug-likeness (QED) is 0.757. The van der Waals surface area contributed by atoms with Gasteiger partial charge in [0.2, 0.25) is 0 Å². The number of hydrogen-bond acceptors (Lipinski definition) is 5. The minimum Gasteiger partial charge on any atom is -0.391 e. The molecule has 0 amide bonds. The fourth-order valence-corrected chi connectivity index (χ4v) is 2.95. The molecule has 3 aromatic rings. The Kier molecular flexibility index (Phi) is 3.90. The highest BCUT2D eigenvalue weighted by Crippen LogP contribution is 2.27. The fraction of sp³-hybridized carbons (Fsp3) is 0.200. The second-order valence-corrected chi connectivity index (χ2v) is 5.59. The number of benzene rings is 1. The Morgan fingerprint density at radius 1 is 1.15 bits per heavy atom. The fourth-order valence-electron chi connectivity index (χ4n) is 2.09. The highest BCUT2D eigenvalue weighted by atomic mass is 32.1. The van der Waals surface area contributed by atoms with Gasteiger partial charge in [0, 0.05) is 11.4 Å². The number of nitrogens with one attached hydrogen (secondary N) is 1. The van der Waals surface area contributed by atoms with Gasteiger partial charge < -0.3 is 10.4 Å². The van der Waals surface area contributed by atoms with Gasteiger partial charge in [0.05, 0.1) is 12.0 Å². The van der Waals surface area contributed by atoms with Crippen LogP contribution >= 0.6 is 11.3 Å². The summed E-state index contributed by atoms with van der Waals surface area (Å²) in [7, 11) is 0. The number of aromatic nitrogens is 2. The first kappa shape index (κ1) is 13.0. The second kappa shape index (κ2) is 5.98. The van der Waals surface area contributed by atoms with E-state index in [4.69, 9.17) is 0 Å². The number of rotatable bonds is 5. The van der Waals surface area contributed by atoms with E-state index in [-0.39, 0.29) is 6.61 Å². The standard InChI is InChI=1S/C15H15N3OS/c19-9-12-8-13-14(17-10-18-15(13)20-12)16-7-6-11-4-2-1-3-5-11/h1-5,8,10,19H,6-7,9H2,(H,16,17,18). The first-order valence-corrected chi connectivity index (χ1v) is 7.30. The van der Waals surface area contributed by atoms with Crippen molar-refractivity contribution in [3.8, 4) is 0 Å². The van der Waals surface area contributed by atoms with Crippen molar-refractivity contribution in [1.82, 2.24) is 9.97 Å². The van der Waals surface area contributed by atoms with Crippen molar-refractivity contribution in [3.05, 3.63) is 53.2 Å². The van der Waals surface area contributed by atoms with Gasteiger partial charge in [-0.3, -0.25) is 0 Å². The lowest BCUT2D eigenvalue weighted by molar-refractivity contribution is 0.285. The zero-order chi connectivity index (χ0) is 13.8. The Morgan fingerprint density at radius 3 is 2.80 bits per heavy atom. The molecule has 0 radical (unpaired) electrons. The lowest BCUT2D eigenvalue weighted by Gasteiger charge is -2.06. The Morgan fingerprint density at radius 2 is 2.00 bits per heavy atom. The summed E-state index contributed by atoms with van der Waals surface area (Å²) in [6, 6.07) is 12.3. The average Bonchev–Trinajstić information content (AvgIpc) is 2.92. The van der Waals surface area contributed by atoms with E-state index in [1.807, 2.05) is 24.3 Å². The van der Waals surface area contributed by atoms with Crippen molar-refractivity contribution in [2.75, 3.05) is 11.9 Å². The predicted molar refractivity (Wildman–Crippen MR) is 82.0 cm³/mol. The van der Waals surface area contributed by atoms with Crippen LogP contribution < -0.4 is 5.32 Å². The first-order valence-electron chi connectivity index (χ1n) is 6.49. The molecule has 0 bridgehead atoms. The summed E-state index contributed by atoms with van der Waals surface area (Å²) in [6.07, 6.45) is 2.51. The summed E-state index contributed by atoms with van der Waals surface area (Å²) in [5, 5.41) is 13.5. The molecule has 2 heterocycles. The number of aliphatic hydroxyl groups excluding tert-OH is 1. The molecule has 2 aromatic heterocycles. The largest absolute Gasteiger partial charge is 0.391 e. The van der Waals surface area contributed by atoms with Gasteiger partial charge >= 0.3 is 0 Å². The van der Waals surface area contributed by atoms with Crippen molar-refractivity contribution in [1.29, 1.82) is 0 Å². The third-order valence-electron chi connectivity index (χ3n) is 3.09. The Hall–Kier alpha value is -1.98. The third-order valence-corrected chi connectivity index (χ3v) is 4.11. The first-order chi connectivity index (χ1) is 9.86. The number of hydrogen-bond donors (Lipinski definition) is 2. The van der Waals surface area contributed by atoms with Gasteiger partial charge in [-0.15, -0.1) is 11.3 Å². The van der Waals surface area contributed by atoms with Crippen molar-refractivity contribution in [2.45, 2.75) is 13.0 Å². The second-order valence-electron chi connectivity index (χ2n) is 4.47. The molecule has 0 aliphatic heterocycles. The monoisotopic (exact) mass is 285 g/mol. The minimum atomic E-state index is 0.0461. The van der Waals surface area contributed by atoms with Crippen molar-refractivity contribution in [3.63, 3.8) is 0 Å². The van der Waals surface area contributed by atoms with Gasteiger partial charge in [0.25, 0.3) is 0 Å². The minimum absolute atomic E-state index is 0.0461. The molecule has 0 aliphatic carbocycles. The van der Waals surface area contributed by atoms with Crippen molar-refractivity contribution in [2.24, 2.45) is 0 Å². The van der Waals surface area contributed by atoms with E-state index in [2.05, 4.69) is 27.4 Å². The van der Waals surface area contributed by atoms with E-state index in [1.165, 1.54) is 16.9 Å². The SMILES string of the molecule is OCc1cc2c(NCCc3ccccc3)ncnc2s1. The van der Waals surface area contributed by atoms with Crippen LogP contribution in [-0.2, 0) is 13.0 Å². The predicted octanol–water partition coefficient (Wildman–Crippen LogP) is 2.84. The highest BCUT2D eigenvalue weighted by molar-refractivity contribution is 7.18. The summed E-state index contributed by atoms with van der Waals surface area (Å²) >= 11 is 1.50. The molecule has 1 aromatic carbocycles. The van der Waals surface area contributed by atoms with Gasteiger partial charge in [-0.05, 0) is 18.1 Å². The molecule has 2 N–H and O–H groups in total. The van der Waals surface area contributed by atoms with Crippen LogP contribution in [0.4, 0.5) is 5.82 Å². The van der Waals surface area contributed by atoms with E-state index in [9.17, 15) is 5.11 Å². The molecule has 0 saturated carbocycles. The highest BCUT2D eigenvalue weighted by Gasteiger charge is 2.07. The molecule has 102 valence electrons. The molecular weight excluding hydrogens is 270 g/mol. The molecule has 0 saturated heterocycles. The molecule has 3 rings (SSSR count). The Balaban J connectivity index is 1.72.